The van der Waals surface area contributed by atoms with Crippen LogP contribution in [0.15, 0.2) is 24.3 Å². The molecule has 0 aliphatic carbocycles. The number of thiocarbonyl (C=S) groups is 2. The molecule has 0 saturated heterocycles. The van der Waals surface area contributed by atoms with Gasteiger partial charge in [0.15, 0.2) is 0 Å². The summed E-state index contributed by atoms with van der Waals surface area (Å²) in [6.45, 7) is 0. The Kier molecular flexibility index (Phi) is 4.74. The van der Waals surface area contributed by atoms with Gasteiger partial charge in [0.2, 0.25) is 0 Å². The first-order valence-corrected chi connectivity index (χ1v) is 5.99. The molecule has 0 spiro atoms. The minimum absolute atomic E-state index is 0.119. The maximum absolute atomic E-state index is 10.5. The summed E-state index contributed by atoms with van der Waals surface area (Å²) in [5.74, 6) is 0. The molecule has 5 N–H and O–H groups in total. The molecule has 1 atom stereocenters. The van der Waals surface area contributed by atoms with Crippen LogP contribution in [0.2, 0.25) is 0 Å². The second-order valence-corrected chi connectivity index (χ2v) is 4.30. The number of nitrogens with one attached hydrogen (secondary N) is 2. The Morgan fingerprint density at radius 3 is 2.19 bits per heavy atom. The lowest BCUT2D eigenvalue weighted by Crippen LogP contribution is -2.25. The van der Waals surface area contributed by atoms with Gasteiger partial charge in [-0.15, -0.1) is 0 Å². The van der Waals surface area contributed by atoms with Crippen LogP contribution in [0.25, 0.3) is 0 Å². The number of anilines is 2. The molecule has 0 aliphatic rings. The van der Waals surface area contributed by atoms with Crippen LogP contribution < -0.4 is 15.8 Å². The van der Waals surface area contributed by atoms with Gasteiger partial charge in [0.05, 0.1) is 0 Å². The fourth-order valence-electron chi connectivity index (χ4n) is 0.915. The highest BCUT2D eigenvalue weighted by Crippen LogP contribution is 2.13. The number of rotatable bonds is 3. The van der Waals surface area contributed by atoms with Gasteiger partial charge in [0.1, 0.15) is 9.98 Å². The fraction of sp³-hybridized carbons (Fsp3) is 0. The van der Waals surface area contributed by atoms with Crippen LogP contribution in [0.1, 0.15) is 0 Å². The predicted octanol–water partition coefficient (Wildman–Crippen LogP) is 1.26. The first kappa shape index (κ1) is 13.0. The van der Waals surface area contributed by atoms with E-state index in [2.05, 4.69) is 22.3 Å². The molecule has 8 heteroatoms. The molecule has 5 nitrogen and oxygen atoms in total. The second-order valence-electron chi connectivity index (χ2n) is 2.75. The average Bonchev–Trinajstić information content (AvgIpc) is 2.20. The van der Waals surface area contributed by atoms with Gasteiger partial charge in [-0.25, -0.2) is 4.21 Å². The van der Waals surface area contributed by atoms with E-state index in [4.69, 9.17) is 22.5 Å². The lowest BCUT2D eigenvalue weighted by atomic mass is 10.3. The van der Waals surface area contributed by atoms with E-state index in [1.54, 1.807) is 24.3 Å². The van der Waals surface area contributed by atoms with Crippen LogP contribution in [0.5, 0.6) is 0 Å². The van der Waals surface area contributed by atoms with Crippen LogP contribution in [0.4, 0.5) is 11.4 Å². The Bertz CT molecular complexity index is 433. The summed E-state index contributed by atoms with van der Waals surface area (Å²) in [6, 6.07) is 6.61. The molecule has 0 fully saturated rings. The Hall–Kier alpha value is -1.09. The van der Waals surface area contributed by atoms with Crippen molar-refractivity contribution in [2.45, 2.75) is 0 Å². The monoisotopic (exact) mass is 275 g/mol. The molecular formula is C8H9N3O2S3. The molecule has 1 unspecified atom stereocenters. The van der Waals surface area contributed by atoms with Crippen LogP contribution in [-0.4, -0.2) is 18.7 Å². The standard InChI is InChI=1S/C8H9N3O2S3/c9-7(14)8(15)10-5-1-3-6(4-2-5)11-16(12)13/h1-4,11H,(H2,9,14)(H,10,15)(H,12,13). The Morgan fingerprint density at radius 1 is 1.25 bits per heavy atom. The maximum Gasteiger partial charge on any atom is 0.259 e. The molecule has 0 saturated carbocycles. The predicted molar refractivity (Wildman–Crippen MR) is 73.8 cm³/mol. The molecule has 1 rings (SSSR count). The van der Waals surface area contributed by atoms with E-state index < -0.39 is 11.3 Å². The van der Waals surface area contributed by atoms with E-state index in [-0.39, 0.29) is 9.98 Å². The molecule has 86 valence electrons. The third-order valence-electron chi connectivity index (χ3n) is 1.57. The first-order valence-electron chi connectivity index (χ1n) is 4.07. The van der Waals surface area contributed by atoms with Gasteiger partial charge in [-0.2, -0.15) is 0 Å². The zero-order chi connectivity index (χ0) is 12.1. The highest BCUT2D eigenvalue weighted by molar-refractivity contribution is 7.89. The summed E-state index contributed by atoms with van der Waals surface area (Å²) in [7, 11) is 0. The Morgan fingerprint density at radius 2 is 1.75 bits per heavy atom. The summed E-state index contributed by atoms with van der Waals surface area (Å²) in [5.41, 5.74) is 6.54. The summed E-state index contributed by atoms with van der Waals surface area (Å²) in [5, 5.41) is 2.82. The Balaban J connectivity index is 2.68. The molecule has 0 heterocycles. The normalized spacial score (nSPS) is 11.6. The summed E-state index contributed by atoms with van der Waals surface area (Å²) < 4.78 is 21.4. The minimum Gasteiger partial charge on any atom is -0.388 e. The van der Waals surface area contributed by atoms with Gasteiger partial charge < -0.3 is 11.1 Å². The van der Waals surface area contributed by atoms with Gasteiger partial charge in [-0.1, -0.05) is 24.4 Å². The maximum atomic E-state index is 10.5. The van der Waals surface area contributed by atoms with Gasteiger partial charge in [0, 0.05) is 11.4 Å². The van der Waals surface area contributed by atoms with Crippen molar-refractivity contribution in [3.8, 4) is 0 Å². The zero-order valence-electron chi connectivity index (χ0n) is 7.97. The lowest BCUT2D eigenvalue weighted by Gasteiger charge is -2.07. The molecule has 1 aromatic rings. The SMILES string of the molecule is NC(=S)C(=S)Nc1ccc(NS(=O)O)cc1. The second kappa shape index (κ2) is 5.85. The van der Waals surface area contributed by atoms with E-state index in [1.807, 2.05) is 0 Å². The Labute approximate surface area is 106 Å². The van der Waals surface area contributed by atoms with Crippen LogP contribution in [-0.2, 0) is 11.3 Å². The van der Waals surface area contributed by atoms with Crippen molar-refractivity contribution >= 4 is 57.1 Å². The summed E-state index contributed by atoms with van der Waals surface area (Å²) in [4.78, 5) is 0.398. The third kappa shape index (κ3) is 4.19. The van der Waals surface area contributed by atoms with E-state index >= 15 is 0 Å². The third-order valence-corrected chi connectivity index (χ3v) is 2.64. The number of hydrogen-bond acceptors (Lipinski definition) is 3. The highest BCUT2D eigenvalue weighted by Gasteiger charge is 2.01. The van der Waals surface area contributed by atoms with Crippen molar-refractivity contribution < 1.29 is 8.76 Å². The molecule has 0 aromatic heterocycles. The van der Waals surface area contributed by atoms with Crippen molar-refractivity contribution in [2.75, 3.05) is 10.0 Å². The molecule has 0 radical (unpaired) electrons. The van der Waals surface area contributed by atoms with Gasteiger partial charge in [-0.3, -0.25) is 9.27 Å². The zero-order valence-corrected chi connectivity index (χ0v) is 10.4. The van der Waals surface area contributed by atoms with Crippen molar-refractivity contribution in [3.63, 3.8) is 0 Å². The van der Waals surface area contributed by atoms with E-state index in [1.165, 1.54) is 0 Å². The largest absolute Gasteiger partial charge is 0.388 e. The van der Waals surface area contributed by atoms with E-state index in [9.17, 15) is 4.21 Å². The quantitative estimate of drug-likeness (QED) is 0.491. The topological polar surface area (TPSA) is 87.4 Å². The first-order chi connectivity index (χ1) is 7.49. The van der Waals surface area contributed by atoms with Crippen LogP contribution >= 0.6 is 24.4 Å². The van der Waals surface area contributed by atoms with Gasteiger partial charge in [0.25, 0.3) is 11.3 Å². The number of nitrogens with two attached hydrogens (primary N) is 1. The molecular weight excluding hydrogens is 266 g/mol. The molecule has 1 aromatic carbocycles. The van der Waals surface area contributed by atoms with Gasteiger partial charge >= 0.3 is 0 Å². The van der Waals surface area contributed by atoms with Crippen molar-refractivity contribution in [3.05, 3.63) is 24.3 Å². The van der Waals surface area contributed by atoms with Crippen molar-refractivity contribution in [1.82, 2.24) is 0 Å². The number of hydrogen-bond donors (Lipinski definition) is 4. The number of benzene rings is 1. The van der Waals surface area contributed by atoms with E-state index in [0.29, 0.717) is 11.4 Å². The fourth-order valence-corrected chi connectivity index (χ4v) is 1.42. The van der Waals surface area contributed by atoms with E-state index in [0.717, 1.165) is 0 Å². The average molecular weight is 275 g/mol. The molecule has 16 heavy (non-hydrogen) atoms. The molecule has 0 amide bonds. The molecule has 0 bridgehead atoms. The smallest absolute Gasteiger partial charge is 0.259 e. The minimum atomic E-state index is -2.08. The summed E-state index contributed by atoms with van der Waals surface area (Å²) >= 11 is 7.49. The van der Waals surface area contributed by atoms with Crippen molar-refractivity contribution in [2.24, 2.45) is 5.73 Å². The van der Waals surface area contributed by atoms with Crippen LogP contribution in [0, 0.1) is 0 Å². The molecule has 0 aliphatic heterocycles. The highest BCUT2D eigenvalue weighted by atomic mass is 32.2. The van der Waals surface area contributed by atoms with Gasteiger partial charge in [-0.05, 0) is 24.3 Å². The summed E-state index contributed by atoms with van der Waals surface area (Å²) in [6.07, 6.45) is 0. The van der Waals surface area contributed by atoms with Crippen molar-refractivity contribution in [1.29, 1.82) is 0 Å². The van der Waals surface area contributed by atoms with Crippen LogP contribution in [0.3, 0.4) is 0 Å². The lowest BCUT2D eigenvalue weighted by molar-refractivity contribution is 0.570.